The Kier molecular flexibility index (Phi) is 6.11. The molecule has 0 aliphatic carbocycles. The number of aromatic nitrogens is 2. The van der Waals surface area contributed by atoms with Crippen LogP contribution in [0.25, 0.3) is 32.6 Å². The molecule has 0 unspecified atom stereocenters. The van der Waals surface area contributed by atoms with E-state index in [1.54, 1.807) is 50.9 Å². The number of rotatable bonds is 6. The summed E-state index contributed by atoms with van der Waals surface area (Å²) in [6.07, 6.45) is 3.46. The van der Waals surface area contributed by atoms with Crippen LogP contribution < -0.4 is 15.2 Å². The van der Waals surface area contributed by atoms with Gasteiger partial charge in [0.15, 0.2) is 11.5 Å². The van der Waals surface area contributed by atoms with E-state index in [0.29, 0.717) is 42.9 Å². The number of hydrogen-bond donors (Lipinski definition) is 1. The zero-order valence-corrected chi connectivity index (χ0v) is 20.5. The van der Waals surface area contributed by atoms with Gasteiger partial charge >= 0.3 is 0 Å². The molecule has 0 saturated heterocycles. The summed E-state index contributed by atoms with van der Waals surface area (Å²) in [5.41, 5.74) is 10.8. The van der Waals surface area contributed by atoms with E-state index in [1.165, 1.54) is 11.3 Å². The van der Waals surface area contributed by atoms with Crippen LogP contribution in [0.1, 0.15) is 15.2 Å². The molecule has 0 bridgehead atoms. The molecule has 8 heteroatoms. The van der Waals surface area contributed by atoms with E-state index in [-0.39, 0.29) is 5.78 Å². The second-order valence-electron chi connectivity index (χ2n) is 7.73. The predicted molar refractivity (Wildman–Crippen MR) is 141 cm³/mol. The summed E-state index contributed by atoms with van der Waals surface area (Å²) in [5, 5.41) is 1.27. The Bertz CT molecular complexity index is 1550. The van der Waals surface area contributed by atoms with E-state index in [1.807, 2.05) is 36.4 Å². The van der Waals surface area contributed by atoms with Gasteiger partial charge < -0.3 is 15.2 Å². The maximum absolute atomic E-state index is 13.3. The van der Waals surface area contributed by atoms with Gasteiger partial charge in [-0.1, -0.05) is 17.7 Å². The maximum Gasteiger partial charge on any atom is 0.205 e. The number of nitrogens with two attached hydrogens (primary N) is 1. The molecule has 0 saturated carbocycles. The minimum atomic E-state index is -0.177. The van der Waals surface area contributed by atoms with E-state index in [9.17, 15) is 4.79 Å². The first-order chi connectivity index (χ1) is 17.0. The average Bonchev–Trinajstić information content (AvgIpc) is 3.24. The molecule has 0 radical (unpaired) electrons. The Hall–Kier alpha value is -3.94. The van der Waals surface area contributed by atoms with E-state index < -0.39 is 0 Å². The van der Waals surface area contributed by atoms with Crippen molar-refractivity contribution in [2.75, 3.05) is 20.0 Å². The molecule has 0 aliphatic rings. The lowest BCUT2D eigenvalue weighted by molar-refractivity contribution is 0.104. The second-order valence-corrected chi connectivity index (χ2v) is 9.16. The zero-order chi connectivity index (χ0) is 24.5. The highest BCUT2D eigenvalue weighted by molar-refractivity contribution is 7.21. The third-order valence-corrected chi connectivity index (χ3v) is 7.01. The van der Waals surface area contributed by atoms with Crippen molar-refractivity contribution in [1.29, 1.82) is 0 Å². The molecule has 0 amide bonds. The number of hydrogen-bond acceptors (Lipinski definition) is 7. The van der Waals surface area contributed by atoms with Crippen LogP contribution in [0.2, 0.25) is 5.02 Å². The number of thiophene rings is 1. The molecule has 5 rings (SSSR count). The molecule has 174 valence electrons. The lowest BCUT2D eigenvalue weighted by Crippen LogP contribution is -2.02. The number of anilines is 1. The minimum Gasteiger partial charge on any atom is -0.493 e. The Morgan fingerprint density at radius 3 is 2.43 bits per heavy atom. The summed E-state index contributed by atoms with van der Waals surface area (Å²) in [5.74, 6) is 1.03. The SMILES string of the molecule is COc1ccc(-c2cc(-c3cccnc3)nc3sc(C(=O)c4ccc(Cl)cc4)c(N)c23)cc1OC. The molecule has 0 aliphatic heterocycles. The van der Waals surface area contributed by atoms with Crippen LogP contribution in [0.3, 0.4) is 0 Å². The number of fused-ring (bicyclic) bond motifs is 1. The quantitative estimate of drug-likeness (QED) is 0.267. The molecule has 35 heavy (non-hydrogen) atoms. The van der Waals surface area contributed by atoms with Gasteiger partial charge in [-0.3, -0.25) is 9.78 Å². The molecule has 6 nitrogen and oxygen atoms in total. The van der Waals surface area contributed by atoms with Gasteiger partial charge in [0.05, 0.1) is 25.6 Å². The first kappa shape index (κ1) is 22.8. The molecule has 3 aromatic heterocycles. The van der Waals surface area contributed by atoms with Gasteiger partial charge in [0.25, 0.3) is 0 Å². The number of carbonyl (C=O) groups is 1. The second kappa shape index (κ2) is 9.37. The maximum atomic E-state index is 13.3. The Morgan fingerprint density at radius 2 is 1.74 bits per heavy atom. The number of carbonyl (C=O) groups excluding carboxylic acids is 1. The Labute approximate surface area is 210 Å². The van der Waals surface area contributed by atoms with Crippen molar-refractivity contribution < 1.29 is 14.3 Å². The fourth-order valence-electron chi connectivity index (χ4n) is 3.92. The van der Waals surface area contributed by atoms with Gasteiger partial charge in [0.2, 0.25) is 5.78 Å². The number of ether oxygens (including phenoxy) is 2. The van der Waals surface area contributed by atoms with Gasteiger partial charge in [0, 0.05) is 33.9 Å². The van der Waals surface area contributed by atoms with Crippen LogP contribution in [0, 0.1) is 0 Å². The fraction of sp³-hybridized carbons (Fsp3) is 0.0741. The smallest absolute Gasteiger partial charge is 0.205 e. The zero-order valence-electron chi connectivity index (χ0n) is 18.9. The molecule has 0 fully saturated rings. The number of nitrogen functional groups attached to an aromatic ring is 1. The summed E-state index contributed by atoms with van der Waals surface area (Å²) in [7, 11) is 3.18. The summed E-state index contributed by atoms with van der Waals surface area (Å²) < 4.78 is 10.9. The average molecular weight is 502 g/mol. The van der Waals surface area contributed by atoms with Crippen LogP contribution in [0.5, 0.6) is 11.5 Å². The van der Waals surface area contributed by atoms with Crippen LogP contribution in [-0.2, 0) is 0 Å². The lowest BCUT2D eigenvalue weighted by Gasteiger charge is -2.12. The van der Waals surface area contributed by atoms with Crippen LogP contribution in [-0.4, -0.2) is 30.0 Å². The summed E-state index contributed by atoms with van der Waals surface area (Å²) in [6, 6.07) is 18.2. The fourth-order valence-corrected chi connectivity index (χ4v) is 5.12. The number of methoxy groups -OCH3 is 2. The molecule has 3 heterocycles. The van der Waals surface area contributed by atoms with Crippen LogP contribution in [0.15, 0.2) is 73.1 Å². The van der Waals surface area contributed by atoms with Crippen LogP contribution in [0.4, 0.5) is 5.69 Å². The number of halogens is 1. The largest absolute Gasteiger partial charge is 0.493 e. The summed E-state index contributed by atoms with van der Waals surface area (Å²) >= 11 is 7.27. The van der Waals surface area contributed by atoms with E-state index >= 15 is 0 Å². The molecule has 5 aromatic rings. The monoisotopic (exact) mass is 501 g/mol. The molecule has 0 atom stereocenters. The third-order valence-electron chi connectivity index (χ3n) is 5.66. The molecule has 2 aromatic carbocycles. The van der Waals surface area contributed by atoms with Gasteiger partial charge in [-0.15, -0.1) is 11.3 Å². The highest BCUT2D eigenvalue weighted by Crippen LogP contribution is 2.43. The minimum absolute atomic E-state index is 0.177. The number of nitrogens with zero attached hydrogens (tertiary/aromatic N) is 2. The highest BCUT2D eigenvalue weighted by atomic mass is 35.5. The van der Waals surface area contributed by atoms with E-state index in [0.717, 1.165) is 22.4 Å². The van der Waals surface area contributed by atoms with Crippen molar-refractivity contribution in [3.63, 3.8) is 0 Å². The summed E-state index contributed by atoms with van der Waals surface area (Å²) in [6.45, 7) is 0. The van der Waals surface area contributed by atoms with Crippen molar-refractivity contribution in [1.82, 2.24) is 9.97 Å². The van der Waals surface area contributed by atoms with Gasteiger partial charge in [-0.25, -0.2) is 4.98 Å². The van der Waals surface area contributed by atoms with Crippen molar-refractivity contribution >= 4 is 44.6 Å². The van der Waals surface area contributed by atoms with Crippen molar-refractivity contribution in [2.24, 2.45) is 0 Å². The van der Waals surface area contributed by atoms with Crippen LogP contribution >= 0.6 is 22.9 Å². The first-order valence-corrected chi connectivity index (χ1v) is 11.9. The third kappa shape index (κ3) is 4.20. The lowest BCUT2D eigenvalue weighted by atomic mass is 9.98. The standard InChI is InChI=1S/C27H20ClN3O3S/c1-33-21-10-7-16(12-22(21)34-2)19-13-20(17-4-3-11-30-14-17)31-27-23(19)24(29)26(35-27)25(32)15-5-8-18(28)9-6-15/h3-14H,29H2,1-2H3. The number of pyridine rings is 2. The van der Waals surface area contributed by atoms with Gasteiger partial charge in [-0.05, 0) is 65.7 Å². The molecular weight excluding hydrogens is 482 g/mol. The molecule has 2 N–H and O–H groups in total. The number of ketones is 1. The predicted octanol–water partition coefficient (Wildman–Crippen LogP) is 6.51. The van der Waals surface area contributed by atoms with Gasteiger partial charge in [0.1, 0.15) is 9.71 Å². The van der Waals surface area contributed by atoms with Crippen molar-refractivity contribution in [2.45, 2.75) is 0 Å². The molecule has 0 spiro atoms. The van der Waals surface area contributed by atoms with E-state index in [2.05, 4.69) is 4.98 Å². The van der Waals surface area contributed by atoms with Gasteiger partial charge in [-0.2, -0.15) is 0 Å². The first-order valence-electron chi connectivity index (χ1n) is 10.7. The Morgan fingerprint density at radius 1 is 0.971 bits per heavy atom. The Balaban J connectivity index is 1.76. The normalized spacial score (nSPS) is 10.9. The highest BCUT2D eigenvalue weighted by Gasteiger charge is 2.23. The topological polar surface area (TPSA) is 87.3 Å². The van der Waals surface area contributed by atoms with Crippen molar-refractivity contribution in [3.8, 4) is 33.9 Å². The van der Waals surface area contributed by atoms with E-state index in [4.69, 9.17) is 31.8 Å². The summed E-state index contributed by atoms with van der Waals surface area (Å²) in [4.78, 5) is 23.5. The number of benzene rings is 2. The van der Waals surface area contributed by atoms with Crippen molar-refractivity contribution in [3.05, 3.63) is 88.5 Å². The molecular formula is C27H20ClN3O3S.